The maximum Gasteiger partial charge on any atom is 0.294 e. The third-order valence-electron chi connectivity index (χ3n) is 4.68. The number of hydrogen-bond acceptors (Lipinski definition) is 6. The van der Waals surface area contributed by atoms with Crippen LogP contribution < -0.4 is 15.0 Å². The van der Waals surface area contributed by atoms with Gasteiger partial charge >= 0.3 is 0 Å². The molecule has 4 rings (SSSR count). The van der Waals surface area contributed by atoms with Crippen molar-refractivity contribution in [1.82, 2.24) is 14.8 Å². The fourth-order valence-corrected chi connectivity index (χ4v) is 4.12. The minimum atomic E-state index is -0.206. The molecule has 2 aromatic carbocycles. The third-order valence-corrected chi connectivity index (χ3v) is 5.65. The highest BCUT2D eigenvalue weighted by molar-refractivity contribution is 7.19. The van der Waals surface area contributed by atoms with Crippen molar-refractivity contribution in [3.63, 3.8) is 0 Å². The van der Waals surface area contributed by atoms with Crippen LogP contribution in [0.1, 0.15) is 16.1 Å². The van der Waals surface area contributed by atoms with Gasteiger partial charge in [0.05, 0.1) is 30.5 Å². The molecule has 0 aliphatic rings. The van der Waals surface area contributed by atoms with Crippen LogP contribution in [0, 0.1) is 13.8 Å². The van der Waals surface area contributed by atoms with E-state index in [4.69, 9.17) is 14.6 Å². The molecule has 0 spiro atoms. The molecule has 4 aromatic rings. The second-order valence-electron chi connectivity index (χ2n) is 6.81. The quantitative estimate of drug-likeness (QED) is 0.496. The number of ether oxygens (including phenoxy) is 2. The van der Waals surface area contributed by atoms with Gasteiger partial charge in [-0.1, -0.05) is 29.8 Å². The van der Waals surface area contributed by atoms with Gasteiger partial charge in [-0.3, -0.25) is 4.79 Å². The summed E-state index contributed by atoms with van der Waals surface area (Å²) in [6.45, 7) is 4.23. The first-order chi connectivity index (χ1) is 14.0. The van der Waals surface area contributed by atoms with E-state index in [1.165, 1.54) is 21.6 Å². The summed E-state index contributed by atoms with van der Waals surface area (Å²) in [6.07, 6.45) is 0. The summed E-state index contributed by atoms with van der Waals surface area (Å²) >= 11 is 1.49. The van der Waals surface area contributed by atoms with E-state index in [1.807, 2.05) is 50.2 Å². The molecule has 7 heteroatoms. The number of thiazole rings is 1. The van der Waals surface area contributed by atoms with Gasteiger partial charge in [-0.05, 0) is 31.5 Å². The lowest BCUT2D eigenvalue weighted by atomic mass is 10.1. The molecule has 0 atom stereocenters. The van der Waals surface area contributed by atoms with Gasteiger partial charge < -0.3 is 9.47 Å². The van der Waals surface area contributed by atoms with Gasteiger partial charge in [-0.25, -0.2) is 9.67 Å². The van der Waals surface area contributed by atoms with E-state index in [0.717, 1.165) is 26.5 Å². The summed E-state index contributed by atoms with van der Waals surface area (Å²) < 4.78 is 13.0. The summed E-state index contributed by atoms with van der Waals surface area (Å²) in [5.74, 6) is 1.33. The van der Waals surface area contributed by atoms with E-state index in [1.54, 1.807) is 20.3 Å². The first kappa shape index (κ1) is 19.1. The highest BCUT2D eigenvalue weighted by atomic mass is 32.1. The largest absolute Gasteiger partial charge is 0.497 e. The molecule has 2 heterocycles. The van der Waals surface area contributed by atoms with Crippen LogP contribution in [0.3, 0.4) is 0 Å². The second-order valence-corrected chi connectivity index (χ2v) is 8.01. The van der Waals surface area contributed by atoms with Crippen LogP contribution in [0.5, 0.6) is 11.5 Å². The number of methoxy groups -OCH3 is 2. The zero-order chi connectivity index (χ0) is 20.5. The highest BCUT2D eigenvalue weighted by Crippen LogP contribution is 2.30. The third kappa shape index (κ3) is 3.73. The molecule has 148 valence electrons. The predicted octanol–water partition coefficient (Wildman–Crippen LogP) is 4.20. The molecule has 0 fully saturated rings. The van der Waals surface area contributed by atoms with Gasteiger partial charge in [-0.2, -0.15) is 5.10 Å². The summed E-state index contributed by atoms with van der Waals surface area (Å²) in [4.78, 5) is 17.6. The maximum atomic E-state index is 13.1. The fourth-order valence-electron chi connectivity index (χ4n) is 3.20. The van der Waals surface area contributed by atoms with E-state index in [2.05, 4.69) is 4.98 Å². The number of benzene rings is 2. The molecule has 0 N–H and O–H groups in total. The number of fused-ring (bicyclic) bond motifs is 1. The number of rotatable bonds is 5. The van der Waals surface area contributed by atoms with Crippen LogP contribution >= 0.6 is 11.3 Å². The number of aromatic nitrogens is 3. The van der Waals surface area contributed by atoms with Crippen molar-refractivity contribution in [2.45, 2.75) is 20.4 Å². The molecular weight excluding hydrogens is 386 g/mol. The van der Waals surface area contributed by atoms with Crippen molar-refractivity contribution in [3.05, 3.63) is 69.0 Å². The molecular formula is C22H21N3O3S. The molecule has 0 unspecified atom stereocenters. The summed E-state index contributed by atoms with van der Waals surface area (Å²) in [7, 11) is 3.20. The van der Waals surface area contributed by atoms with Crippen LogP contribution in [0.25, 0.3) is 21.5 Å². The van der Waals surface area contributed by atoms with Crippen LogP contribution in [0.2, 0.25) is 0 Å². The van der Waals surface area contributed by atoms with Gasteiger partial charge in [0, 0.05) is 11.6 Å². The number of aryl methyl sites for hydroxylation is 2. The Morgan fingerprint density at radius 1 is 1.00 bits per heavy atom. The first-order valence-corrected chi connectivity index (χ1v) is 9.97. The fraction of sp³-hybridized carbons (Fsp3) is 0.227. The first-order valence-electron chi connectivity index (χ1n) is 9.15. The highest BCUT2D eigenvalue weighted by Gasteiger charge is 2.17. The molecule has 6 nitrogen and oxygen atoms in total. The SMILES string of the molecule is COc1cc(Cn2nc(-c3ccc(C)cc3)c3sc(C)nc3c2=O)cc(OC)c1. The van der Waals surface area contributed by atoms with Crippen molar-refractivity contribution in [1.29, 1.82) is 0 Å². The molecule has 0 aliphatic carbocycles. The Kier molecular flexibility index (Phi) is 5.07. The van der Waals surface area contributed by atoms with Gasteiger partial charge in [0.25, 0.3) is 5.56 Å². The molecule has 0 radical (unpaired) electrons. The molecule has 0 saturated heterocycles. The lowest BCUT2D eigenvalue weighted by molar-refractivity contribution is 0.393. The second kappa shape index (κ2) is 7.67. The average molecular weight is 407 g/mol. The monoisotopic (exact) mass is 407 g/mol. The molecule has 0 bridgehead atoms. The smallest absolute Gasteiger partial charge is 0.294 e. The zero-order valence-electron chi connectivity index (χ0n) is 16.7. The van der Waals surface area contributed by atoms with Crippen molar-refractivity contribution in [3.8, 4) is 22.8 Å². The minimum Gasteiger partial charge on any atom is -0.497 e. The van der Waals surface area contributed by atoms with Crippen molar-refractivity contribution >= 4 is 21.6 Å². The van der Waals surface area contributed by atoms with Gasteiger partial charge in [0.1, 0.15) is 17.2 Å². The van der Waals surface area contributed by atoms with Crippen molar-refractivity contribution in [2.24, 2.45) is 0 Å². The van der Waals surface area contributed by atoms with E-state index >= 15 is 0 Å². The lowest BCUT2D eigenvalue weighted by Gasteiger charge is -2.11. The summed E-state index contributed by atoms with van der Waals surface area (Å²) in [6, 6.07) is 13.7. The number of hydrogen-bond donors (Lipinski definition) is 0. The van der Waals surface area contributed by atoms with Gasteiger partial charge in [-0.15, -0.1) is 11.3 Å². The Bertz CT molecular complexity index is 1220. The Morgan fingerprint density at radius 2 is 1.66 bits per heavy atom. The number of nitrogens with zero attached hydrogens (tertiary/aromatic N) is 3. The van der Waals surface area contributed by atoms with Crippen LogP contribution in [-0.4, -0.2) is 29.0 Å². The molecule has 29 heavy (non-hydrogen) atoms. The van der Waals surface area contributed by atoms with Crippen molar-refractivity contribution in [2.75, 3.05) is 14.2 Å². The van der Waals surface area contributed by atoms with E-state index in [0.29, 0.717) is 17.0 Å². The van der Waals surface area contributed by atoms with Crippen LogP contribution in [0.4, 0.5) is 0 Å². The summed E-state index contributed by atoms with van der Waals surface area (Å²) in [5.41, 5.74) is 4.00. The molecule has 2 aromatic heterocycles. The van der Waals surface area contributed by atoms with Crippen molar-refractivity contribution < 1.29 is 9.47 Å². The predicted molar refractivity (Wildman–Crippen MR) is 115 cm³/mol. The Balaban J connectivity index is 1.88. The van der Waals surface area contributed by atoms with E-state index in [-0.39, 0.29) is 12.1 Å². The van der Waals surface area contributed by atoms with Gasteiger partial charge in [0.15, 0.2) is 5.52 Å². The summed E-state index contributed by atoms with van der Waals surface area (Å²) in [5, 5.41) is 5.55. The van der Waals surface area contributed by atoms with Crippen LogP contribution in [0.15, 0.2) is 47.3 Å². The Hall–Kier alpha value is -3.19. The van der Waals surface area contributed by atoms with Crippen LogP contribution in [-0.2, 0) is 6.54 Å². The Morgan fingerprint density at radius 3 is 2.28 bits per heavy atom. The maximum absolute atomic E-state index is 13.1. The van der Waals surface area contributed by atoms with Gasteiger partial charge in [0.2, 0.25) is 0 Å². The Labute approximate surface area is 172 Å². The molecule has 0 amide bonds. The standard InChI is InChI=1S/C22H21N3O3S/c1-13-5-7-16(8-6-13)19-21-20(23-14(2)29-21)22(26)25(24-19)12-15-9-17(27-3)11-18(10-15)28-4/h5-11H,12H2,1-4H3. The normalized spacial score (nSPS) is 11.0. The minimum absolute atomic E-state index is 0.206. The molecule has 0 aliphatic heterocycles. The lowest BCUT2D eigenvalue weighted by Crippen LogP contribution is -2.24. The average Bonchev–Trinajstić information content (AvgIpc) is 3.12. The zero-order valence-corrected chi connectivity index (χ0v) is 17.5. The van der Waals surface area contributed by atoms with E-state index in [9.17, 15) is 4.79 Å². The topological polar surface area (TPSA) is 66.2 Å². The molecule has 0 saturated carbocycles. The van der Waals surface area contributed by atoms with E-state index < -0.39 is 0 Å².